The summed E-state index contributed by atoms with van der Waals surface area (Å²) in [6.07, 6.45) is 1.12. The fourth-order valence-corrected chi connectivity index (χ4v) is 2.23. The molecule has 1 aromatic heterocycles. The molecule has 108 valence electrons. The molecule has 0 saturated carbocycles. The fourth-order valence-electron chi connectivity index (χ4n) is 2.23. The Morgan fingerprint density at radius 3 is 2.80 bits per heavy atom. The molecule has 7 heteroatoms. The fraction of sp³-hybridized carbons (Fsp3) is 0.462. The van der Waals surface area contributed by atoms with Gasteiger partial charge in [0.15, 0.2) is 0 Å². The summed E-state index contributed by atoms with van der Waals surface area (Å²) in [5.41, 5.74) is 1.51. The summed E-state index contributed by atoms with van der Waals surface area (Å²) >= 11 is 0. The Labute approximate surface area is 115 Å². The van der Waals surface area contributed by atoms with E-state index < -0.39 is 4.92 Å². The van der Waals surface area contributed by atoms with Gasteiger partial charge in [-0.1, -0.05) is 0 Å². The normalized spacial score (nSPS) is 12.8. The van der Waals surface area contributed by atoms with Gasteiger partial charge in [-0.3, -0.25) is 14.7 Å². The van der Waals surface area contributed by atoms with Gasteiger partial charge in [-0.05, 0) is 25.8 Å². The van der Waals surface area contributed by atoms with Gasteiger partial charge >= 0.3 is 5.69 Å². The third kappa shape index (κ3) is 2.44. The lowest BCUT2D eigenvalue weighted by Crippen LogP contribution is -2.11. The molecule has 1 heterocycles. The molecule has 1 atom stereocenters. The van der Waals surface area contributed by atoms with Crippen LogP contribution in [0.5, 0.6) is 0 Å². The van der Waals surface area contributed by atoms with Crippen molar-refractivity contribution in [1.82, 2.24) is 9.55 Å². The van der Waals surface area contributed by atoms with Crippen molar-refractivity contribution in [3.63, 3.8) is 0 Å². The monoisotopic (exact) mass is 279 g/mol. The second kappa shape index (κ2) is 5.46. The highest BCUT2D eigenvalue weighted by atomic mass is 16.6. The Kier molecular flexibility index (Phi) is 3.89. The molecular weight excluding hydrogens is 262 g/mol. The maximum absolute atomic E-state index is 11.7. The highest BCUT2D eigenvalue weighted by Gasteiger charge is 2.20. The summed E-state index contributed by atoms with van der Waals surface area (Å²) in [5, 5.41) is 11.1. The molecule has 0 radical (unpaired) electrons. The standard InChI is InChI=1S/C13H17N3O4/c1-8(20-3)4-5-9-10(16(18)19)6-7-11-12(9)14-13(17)15(11)2/h6-8H,4-5H2,1-3H3,(H,14,17)/t8-/m1/s1. The van der Waals surface area contributed by atoms with Gasteiger partial charge in [-0.2, -0.15) is 0 Å². The smallest absolute Gasteiger partial charge is 0.326 e. The van der Waals surface area contributed by atoms with E-state index in [9.17, 15) is 14.9 Å². The topological polar surface area (TPSA) is 90.2 Å². The van der Waals surface area contributed by atoms with E-state index in [1.54, 1.807) is 20.2 Å². The molecular formula is C13H17N3O4. The molecule has 7 nitrogen and oxygen atoms in total. The number of imidazole rings is 1. The molecule has 20 heavy (non-hydrogen) atoms. The van der Waals surface area contributed by atoms with E-state index >= 15 is 0 Å². The third-order valence-electron chi connectivity index (χ3n) is 3.56. The number of aryl methyl sites for hydroxylation is 2. The molecule has 0 amide bonds. The Hall–Kier alpha value is -2.15. The van der Waals surface area contributed by atoms with E-state index in [-0.39, 0.29) is 17.5 Å². The van der Waals surface area contributed by atoms with E-state index in [0.717, 1.165) is 0 Å². The number of nitrogens with one attached hydrogen (secondary N) is 1. The van der Waals surface area contributed by atoms with Crippen molar-refractivity contribution < 1.29 is 9.66 Å². The van der Waals surface area contributed by atoms with Crippen molar-refractivity contribution in [2.75, 3.05) is 7.11 Å². The highest BCUT2D eigenvalue weighted by molar-refractivity contribution is 5.82. The molecule has 0 unspecified atom stereocenters. The van der Waals surface area contributed by atoms with Crippen LogP contribution in [-0.2, 0) is 18.2 Å². The summed E-state index contributed by atoms with van der Waals surface area (Å²) < 4.78 is 6.61. The third-order valence-corrected chi connectivity index (χ3v) is 3.56. The van der Waals surface area contributed by atoms with Gasteiger partial charge in [0.05, 0.1) is 27.6 Å². The summed E-state index contributed by atoms with van der Waals surface area (Å²) in [6.45, 7) is 1.90. The van der Waals surface area contributed by atoms with E-state index in [2.05, 4.69) is 4.98 Å². The SMILES string of the molecule is CO[C@H](C)CCc1c([N+](=O)[O-])ccc2c1[nH]c(=O)n2C. The van der Waals surface area contributed by atoms with E-state index in [1.165, 1.54) is 10.6 Å². The van der Waals surface area contributed by atoms with Crippen molar-refractivity contribution in [3.8, 4) is 0 Å². The van der Waals surface area contributed by atoms with Gasteiger partial charge in [0, 0.05) is 20.2 Å². The lowest BCUT2D eigenvalue weighted by atomic mass is 10.0. The van der Waals surface area contributed by atoms with Crippen molar-refractivity contribution in [1.29, 1.82) is 0 Å². The molecule has 2 rings (SSSR count). The maximum Gasteiger partial charge on any atom is 0.326 e. The van der Waals surface area contributed by atoms with Crippen molar-refractivity contribution in [2.45, 2.75) is 25.9 Å². The van der Waals surface area contributed by atoms with Crippen LogP contribution < -0.4 is 5.69 Å². The van der Waals surface area contributed by atoms with Gasteiger partial charge in [0.1, 0.15) is 0 Å². The van der Waals surface area contributed by atoms with Crippen LogP contribution in [0.25, 0.3) is 11.0 Å². The molecule has 1 aromatic carbocycles. The van der Waals surface area contributed by atoms with E-state index in [4.69, 9.17) is 4.74 Å². The first kappa shape index (κ1) is 14.3. The van der Waals surface area contributed by atoms with Crippen LogP contribution >= 0.6 is 0 Å². The molecule has 0 aliphatic heterocycles. The van der Waals surface area contributed by atoms with Gasteiger partial charge < -0.3 is 9.72 Å². The number of fused-ring (bicyclic) bond motifs is 1. The van der Waals surface area contributed by atoms with Crippen LogP contribution in [0.2, 0.25) is 0 Å². The minimum absolute atomic E-state index is 0.000273. The number of nitrogens with zero attached hydrogens (tertiary/aromatic N) is 2. The van der Waals surface area contributed by atoms with E-state index in [0.29, 0.717) is 29.4 Å². The Balaban J connectivity index is 2.56. The predicted octanol–water partition coefficient (Wildman–Crippen LogP) is 1.74. The van der Waals surface area contributed by atoms with Gasteiger partial charge in [-0.25, -0.2) is 4.79 Å². The number of hydrogen-bond acceptors (Lipinski definition) is 4. The van der Waals surface area contributed by atoms with Crippen LogP contribution in [-0.4, -0.2) is 27.7 Å². The summed E-state index contributed by atoms with van der Waals surface area (Å²) in [4.78, 5) is 25.1. The zero-order valence-corrected chi connectivity index (χ0v) is 11.7. The number of aromatic amines is 1. The van der Waals surface area contributed by atoms with Gasteiger partial charge in [0.2, 0.25) is 0 Å². The quantitative estimate of drug-likeness (QED) is 0.666. The van der Waals surface area contributed by atoms with Crippen LogP contribution in [0.4, 0.5) is 5.69 Å². The molecule has 0 spiro atoms. The van der Waals surface area contributed by atoms with E-state index in [1.807, 2.05) is 6.92 Å². The van der Waals surface area contributed by atoms with Crippen LogP contribution in [0.3, 0.4) is 0 Å². The minimum atomic E-state index is -0.419. The van der Waals surface area contributed by atoms with Gasteiger partial charge in [-0.15, -0.1) is 0 Å². The number of benzene rings is 1. The minimum Gasteiger partial charge on any atom is -0.382 e. The molecule has 0 aliphatic carbocycles. The molecule has 2 aromatic rings. The van der Waals surface area contributed by atoms with Gasteiger partial charge in [0.25, 0.3) is 5.69 Å². The first-order valence-corrected chi connectivity index (χ1v) is 6.33. The number of methoxy groups -OCH3 is 1. The number of rotatable bonds is 5. The van der Waals surface area contributed by atoms with Crippen LogP contribution in [0.15, 0.2) is 16.9 Å². The number of aromatic nitrogens is 2. The Bertz CT molecular complexity index is 701. The zero-order valence-electron chi connectivity index (χ0n) is 11.7. The highest BCUT2D eigenvalue weighted by Crippen LogP contribution is 2.27. The number of hydrogen-bond donors (Lipinski definition) is 1. The second-order valence-corrected chi connectivity index (χ2v) is 4.79. The maximum atomic E-state index is 11.7. The number of nitro groups is 1. The van der Waals surface area contributed by atoms with Crippen molar-refractivity contribution in [3.05, 3.63) is 38.3 Å². The zero-order chi connectivity index (χ0) is 14.9. The average Bonchev–Trinajstić information content (AvgIpc) is 2.71. The molecule has 0 aliphatic rings. The number of nitro benzene ring substituents is 1. The van der Waals surface area contributed by atoms with Crippen molar-refractivity contribution in [2.24, 2.45) is 7.05 Å². The lowest BCUT2D eigenvalue weighted by molar-refractivity contribution is -0.385. The Morgan fingerprint density at radius 2 is 2.20 bits per heavy atom. The van der Waals surface area contributed by atoms with Crippen molar-refractivity contribution >= 4 is 16.7 Å². The predicted molar refractivity (Wildman–Crippen MR) is 75.0 cm³/mol. The summed E-state index contributed by atoms with van der Waals surface area (Å²) in [5.74, 6) is 0. The molecule has 0 bridgehead atoms. The molecule has 0 saturated heterocycles. The Morgan fingerprint density at radius 1 is 1.50 bits per heavy atom. The summed E-state index contributed by atoms with van der Waals surface area (Å²) in [6, 6.07) is 3.04. The lowest BCUT2D eigenvalue weighted by Gasteiger charge is -2.10. The van der Waals surface area contributed by atoms with Crippen LogP contribution in [0, 0.1) is 10.1 Å². The molecule has 1 N–H and O–H groups in total. The number of H-pyrrole nitrogens is 1. The van der Waals surface area contributed by atoms with Crippen LogP contribution in [0.1, 0.15) is 18.9 Å². The largest absolute Gasteiger partial charge is 0.382 e. The first-order chi connectivity index (χ1) is 9.45. The number of ether oxygens (including phenoxy) is 1. The second-order valence-electron chi connectivity index (χ2n) is 4.79. The average molecular weight is 279 g/mol. The first-order valence-electron chi connectivity index (χ1n) is 6.33. The molecule has 0 fully saturated rings. The summed E-state index contributed by atoms with van der Waals surface area (Å²) in [7, 11) is 3.23.